The lowest BCUT2D eigenvalue weighted by molar-refractivity contribution is -0.147. The van der Waals surface area contributed by atoms with Crippen molar-refractivity contribution in [3.8, 4) is 0 Å². The van der Waals surface area contributed by atoms with Crippen molar-refractivity contribution in [2.45, 2.75) is 40.5 Å². The van der Waals surface area contributed by atoms with E-state index in [-0.39, 0.29) is 11.8 Å². The number of hydrogen-bond acceptors (Lipinski definition) is 2. The molecule has 1 aromatic rings. The van der Waals surface area contributed by atoms with Crippen molar-refractivity contribution in [3.05, 3.63) is 28.8 Å². The summed E-state index contributed by atoms with van der Waals surface area (Å²) in [5.41, 5.74) is 0.346. The number of benzene rings is 1. The summed E-state index contributed by atoms with van der Waals surface area (Å²) >= 11 is 6.09. The molecule has 1 unspecified atom stereocenters. The second-order valence-corrected chi connectivity index (χ2v) is 7.40. The Balaban J connectivity index is 2.13. The van der Waals surface area contributed by atoms with Crippen LogP contribution in [0.3, 0.4) is 0 Å². The van der Waals surface area contributed by atoms with Gasteiger partial charge in [-0.2, -0.15) is 0 Å². The summed E-state index contributed by atoms with van der Waals surface area (Å²) in [6, 6.07) is 5.35. The van der Waals surface area contributed by atoms with E-state index in [1.807, 2.05) is 11.8 Å². The van der Waals surface area contributed by atoms with E-state index < -0.39 is 5.41 Å². The average molecular weight is 337 g/mol. The lowest BCUT2D eigenvalue weighted by atomic mass is 9.88. The molecule has 1 aliphatic rings. The third-order valence-electron chi connectivity index (χ3n) is 4.56. The molecule has 126 valence electrons. The third-order valence-corrected chi connectivity index (χ3v) is 4.97. The molecule has 2 amide bonds. The minimum absolute atomic E-state index is 0.110. The summed E-state index contributed by atoms with van der Waals surface area (Å²) in [4.78, 5) is 27.3. The molecular formula is C18H25ClN2O2. The number of piperidine rings is 1. The molecular weight excluding hydrogens is 312 g/mol. The molecule has 1 aliphatic heterocycles. The fourth-order valence-electron chi connectivity index (χ4n) is 2.89. The number of rotatable bonds is 3. The minimum atomic E-state index is -1.11. The number of halogens is 1. The molecule has 4 nitrogen and oxygen atoms in total. The van der Waals surface area contributed by atoms with E-state index in [9.17, 15) is 9.59 Å². The van der Waals surface area contributed by atoms with Crippen LogP contribution in [0.25, 0.3) is 0 Å². The van der Waals surface area contributed by atoms with Crippen molar-refractivity contribution in [1.29, 1.82) is 0 Å². The molecule has 0 spiro atoms. The van der Waals surface area contributed by atoms with Gasteiger partial charge >= 0.3 is 0 Å². The Morgan fingerprint density at radius 3 is 2.70 bits per heavy atom. The highest BCUT2D eigenvalue weighted by atomic mass is 35.5. The largest absolute Gasteiger partial charge is 0.342 e. The van der Waals surface area contributed by atoms with Crippen LogP contribution < -0.4 is 5.32 Å². The topological polar surface area (TPSA) is 49.4 Å². The van der Waals surface area contributed by atoms with Crippen LogP contribution in [0.15, 0.2) is 18.2 Å². The molecule has 1 fully saturated rings. The van der Waals surface area contributed by atoms with Crippen LogP contribution in [0, 0.1) is 18.3 Å². The van der Waals surface area contributed by atoms with Gasteiger partial charge in [-0.25, -0.2) is 0 Å². The Bertz CT molecular complexity index is 613. The van der Waals surface area contributed by atoms with E-state index >= 15 is 0 Å². The lowest BCUT2D eigenvalue weighted by Gasteiger charge is -2.36. The molecule has 1 N–H and O–H groups in total. The van der Waals surface area contributed by atoms with Gasteiger partial charge in [0.2, 0.25) is 11.8 Å². The zero-order valence-electron chi connectivity index (χ0n) is 14.3. The standard InChI is InChI=1S/C18H25ClN2O2/c1-12-7-6-10-21(11-12)17(23)18(3,4)16(22)20-15-9-5-8-14(19)13(15)2/h5,8-9,12H,6-7,10-11H2,1-4H3,(H,20,22). The van der Waals surface area contributed by atoms with Crippen LogP contribution in [0.2, 0.25) is 5.02 Å². The zero-order valence-corrected chi connectivity index (χ0v) is 15.0. The number of anilines is 1. The second-order valence-electron chi connectivity index (χ2n) is 6.99. The summed E-state index contributed by atoms with van der Waals surface area (Å²) in [5, 5.41) is 3.45. The van der Waals surface area contributed by atoms with Gasteiger partial charge in [-0.1, -0.05) is 24.6 Å². The van der Waals surface area contributed by atoms with Crippen molar-refractivity contribution in [2.75, 3.05) is 18.4 Å². The molecule has 0 bridgehead atoms. The van der Waals surface area contributed by atoms with Gasteiger partial charge in [0.05, 0.1) is 0 Å². The van der Waals surface area contributed by atoms with Crippen LogP contribution in [0.1, 0.15) is 39.2 Å². The number of carbonyl (C=O) groups excluding carboxylic acids is 2. The zero-order chi connectivity index (χ0) is 17.2. The fraction of sp³-hybridized carbons (Fsp3) is 0.556. The first-order chi connectivity index (χ1) is 10.7. The first kappa shape index (κ1) is 17.8. The summed E-state index contributed by atoms with van der Waals surface area (Å²) < 4.78 is 0. The number of hydrogen-bond donors (Lipinski definition) is 1. The molecule has 23 heavy (non-hydrogen) atoms. The Labute approximate surface area is 143 Å². The Morgan fingerprint density at radius 2 is 2.04 bits per heavy atom. The van der Waals surface area contributed by atoms with Crippen molar-refractivity contribution in [1.82, 2.24) is 4.90 Å². The van der Waals surface area contributed by atoms with E-state index in [1.54, 1.807) is 32.0 Å². The normalized spacial score (nSPS) is 18.7. The highest BCUT2D eigenvalue weighted by Crippen LogP contribution is 2.28. The third kappa shape index (κ3) is 3.86. The van der Waals surface area contributed by atoms with Crippen LogP contribution in [-0.4, -0.2) is 29.8 Å². The second kappa shape index (κ2) is 6.91. The number of nitrogens with zero attached hydrogens (tertiary/aromatic N) is 1. The lowest BCUT2D eigenvalue weighted by Crippen LogP contribution is -2.50. The van der Waals surface area contributed by atoms with Crippen LogP contribution >= 0.6 is 11.6 Å². The molecule has 2 rings (SSSR count). The van der Waals surface area contributed by atoms with Gasteiger partial charge < -0.3 is 10.2 Å². The molecule has 0 aromatic heterocycles. The Kier molecular flexibility index (Phi) is 5.35. The smallest absolute Gasteiger partial charge is 0.239 e. The van der Waals surface area contributed by atoms with E-state index in [2.05, 4.69) is 12.2 Å². The van der Waals surface area contributed by atoms with Gasteiger partial charge in [0, 0.05) is 23.8 Å². The van der Waals surface area contributed by atoms with Gasteiger partial charge in [-0.3, -0.25) is 9.59 Å². The first-order valence-electron chi connectivity index (χ1n) is 8.09. The fourth-order valence-corrected chi connectivity index (χ4v) is 3.06. The van der Waals surface area contributed by atoms with Crippen molar-refractivity contribution in [3.63, 3.8) is 0 Å². The van der Waals surface area contributed by atoms with E-state index in [0.717, 1.165) is 31.5 Å². The predicted molar refractivity (Wildman–Crippen MR) is 93.6 cm³/mol. The van der Waals surface area contributed by atoms with Crippen LogP contribution in [0.4, 0.5) is 5.69 Å². The highest BCUT2D eigenvalue weighted by molar-refractivity contribution is 6.31. The molecule has 1 atom stereocenters. The molecule has 0 radical (unpaired) electrons. The molecule has 0 saturated carbocycles. The summed E-state index contributed by atoms with van der Waals surface area (Å²) in [6.07, 6.45) is 2.14. The van der Waals surface area contributed by atoms with Crippen molar-refractivity contribution >= 4 is 29.1 Å². The Morgan fingerprint density at radius 1 is 1.35 bits per heavy atom. The maximum atomic E-state index is 12.8. The van der Waals surface area contributed by atoms with E-state index in [0.29, 0.717) is 16.6 Å². The maximum Gasteiger partial charge on any atom is 0.239 e. The van der Waals surface area contributed by atoms with Crippen molar-refractivity contribution < 1.29 is 9.59 Å². The van der Waals surface area contributed by atoms with Crippen LogP contribution in [-0.2, 0) is 9.59 Å². The van der Waals surface area contributed by atoms with Gasteiger partial charge in [-0.15, -0.1) is 0 Å². The number of carbonyl (C=O) groups is 2. The van der Waals surface area contributed by atoms with E-state index in [1.165, 1.54) is 0 Å². The quantitative estimate of drug-likeness (QED) is 0.852. The van der Waals surface area contributed by atoms with Gasteiger partial charge in [0.25, 0.3) is 0 Å². The maximum absolute atomic E-state index is 12.8. The summed E-state index contributed by atoms with van der Waals surface area (Å²) in [7, 11) is 0. The highest BCUT2D eigenvalue weighted by Gasteiger charge is 2.40. The first-order valence-corrected chi connectivity index (χ1v) is 8.47. The number of amides is 2. The van der Waals surface area contributed by atoms with Gasteiger partial charge in [0.1, 0.15) is 5.41 Å². The minimum Gasteiger partial charge on any atom is -0.342 e. The molecule has 1 heterocycles. The van der Waals surface area contributed by atoms with Gasteiger partial charge in [-0.05, 0) is 57.2 Å². The van der Waals surface area contributed by atoms with Crippen LogP contribution in [0.5, 0.6) is 0 Å². The number of likely N-dealkylation sites (tertiary alicyclic amines) is 1. The monoisotopic (exact) mass is 336 g/mol. The van der Waals surface area contributed by atoms with Crippen molar-refractivity contribution in [2.24, 2.45) is 11.3 Å². The molecule has 1 aromatic carbocycles. The molecule has 1 saturated heterocycles. The average Bonchev–Trinajstić information content (AvgIpc) is 2.51. The van der Waals surface area contributed by atoms with Gasteiger partial charge in [0.15, 0.2) is 0 Å². The SMILES string of the molecule is Cc1c(Cl)cccc1NC(=O)C(C)(C)C(=O)N1CCCC(C)C1. The number of nitrogens with one attached hydrogen (secondary N) is 1. The predicted octanol–water partition coefficient (Wildman–Crippen LogP) is 3.87. The molecule has 0 aliphatic carbocycles. The summed E-state index contributed by atoms with van der Waals surface area (Å²) in [5.74, 6) is 0.0778. The summed E-state index contributed by atoms with van der Waals surface area (Å²) in [6.45, 7) is 8.82. The molecule has 5 heteroatoms. The Hall–Kier alpha value is -1.55. The van der Waals surface area contributed by atoms with E-state index in [4.69, 9.17) is 11.6 Å².